The number of rotatable bonds is 8. The van der Waals surface area contributed by atoms with E-state index in [4.69, 9.17) is 13.9 Å². The van der Waals surface area contributed by atoms with Crippen LogP contribution in [-0.2, 0) is 4.74 Å². The van der Waals surface area contributed by atoms with Crippen LogP contribution in [0, 0.1) is 0 Å². The second-order valence-electron chi connectivity index (χ2n) is 6.01. The van der Waals surface area contributed by atoms with Gasteiger partial charge >= 0.3 is 0 Å². The number of hydrogen-bond acceptors (Lipinski definition) is 5. The molecule has 3 rings (SSSR count). The Morgan fingerprint density at radius 3 is 2.69 bits per heavy atom. The Labute approximate surface area is 153 Å². The molecule has 1 aliphatic heterocycles. The van der Waals surface area contributed by atoms with E-state index >= 15 is 0 Å². The van der Waals surface area contributed by atoms with E-state index in [0.717, 1.165) is 18.8 Å². The number of nitrogens with one attached hydrogen (secondary N) is 1. The van der Waals surface area contributed by atoms with Gasteiger partial charge in [-0.1, -0.05) is 12.7 Å². The zero-order valence-electron chi connectivity index (χ0n) is 14.7. The lowest BCUT2D eigenvalue weighted by Gasteiger charge is -2.33. The highest BCUT2D eigenvalue weighted by Crippen LogP contribution is 2.22. The molecule has 26 heavy (non-hydrogen) atoms. The summed E-state index contributed by atoms with van der Waals surface area (Å²) in [5.74, 6) is 1.44. The van der Waals surface area contributed by atoms with Crippen LogP contribution < -0.4 is 10.1 Å². The molecule has 6 nitrogen and oxygen atoms in total. The van der Waals surface area contributed by atoms with Gasteiger partial charge in [-0.25, -0.2) is 0 Å². The topological polar surface area (TPSA) is 63.9 Å². The summed E-state index contributed by atoms with van der Waals surface area (Å²) in [5, 5.41) is 3.01. The number of carbonyl (C=O) groups is 1. The lowest BCUT2D eigenvalue weighted by Crippen LogP contribution is -2.43. The summed E-state index contributed by atoms with van der Waals surface area (Å²) < 4.78 is 16.4. The van der Waals surface area contributed by atoms with Crippen LogP contribution in [0.15, 0.2) is 59.7 Å². The van der Waals surface area contributed by atoms with Gasteiger partial charge in [0, 0.05) is 25.2 Å². The zero-order valence-corrected chi connectivity index (χ0v) is 14.7. The van der Waals surface area contributed by atoms with Crippen LogP contribution in [0.25, 0.3) is 0 Å². The third kappa shape index (κ3) is 4.74. The number of amides is 1. The maximum Gasteiger partial charge on any atom is 0.251 e. The molecule has 1 aromatic heterocycles. The molecule has 2 heterocycles. The zero-order chi connectivity index (χ0) is 18.2. The molecule has 0 bridgehead atoms. The van der Waals surface area contributed by atoms with E-state index in [1.807, 2.05) is 12.1 Å². The van der Waals surface area contributed by atoms with E-state index in [1.165, 1.54) is 0 Å². The molecular formula is C20H24N2O4. The number of carbonyl (C=O) groups excluding carboxylic acids is 1. The maximum absolute atomic E-state index is 12.5. The molecule has 0 radical (unpaired) electrons. The predicted octanol–water partition coefficient (Wildman–Crippen LogP) is 2.65. The predicted molar refractivity (Wildman–Crippen MR) is 98.3 cm³/mol. The molecule has 1 atom stereocenters. The Bertz CT molecular complexity index is 691. The molecular weight excluding hydrogens is 332 g/mol. The fourth-order valence-electron chi connectivity index (χ4n) is 2.93. The number of morpholine rings is 1. The van der Waals surface area contributed by atoms with Crippen LogP contribution in [0.5, 0.6) is 5.75 Å². The summed E-state index contributed by atoms with van der Waals surface area (Å²) in [7, 11) is 0. The Morgan fingerprint density at radius 1 is 1.27 bits per heavy atom. The van der Waals surface area contributed by atoms with Crippen LogP contribution >= 0.6 is 0 Å². The molecule has 1 aromatic carbocycles. The minimum absolute atomic E-state index is 0.00644. The quantitative estimate of drug-likeness (QED) is 0.737. The molecule has 0 saturated carbocycles. The number of furan rings is 1. The largest absolute Gasteiger partial charge is 0.490 e. The lowest BCUT2D eigenvalue weighted by atomic mass is 10.1. The smallest absolute Gasteiger partial charge is 0.251 e. The molecule has 138 valence electrons. The van der Waals surface area contributed by atoms with Gasteiger partial charge in [-0.2, -0.15) is 0 Å². The highest BCUT2D eigenvalue weighted by molar-refractivity contribution is 5.94. The fourth-order valence-corrected chi connectivity index (χ4v) is 2.93. The normalized spacial score (nSPS) is 16.0. The van der Waals surface area contributed by atoms with Crippen LogP contribution in [0.2, 0.25) is 0 Å². The van der Waals surface area contributed by atoms with Gasteiger partial charge in [0.25, 0.3) is 5.91 Å². The monoisotopic (exact) mass is 356 g/mol. The van der Waals surface area contributed by atoms with Crippen molar-refractivity contribution in [2.24, 2.45) is 0 Å². The lowest BCUT2D eigenvalue weighted by molar-refractivity contribution is 0.0118. The molecule has 0 spiro atoms. The maximum atomic E-state index is 12.5. The van der Waals surface area contributed by atoms with Crippen molar-refractivity contribution in [3.63, 3.8) is 0 Å². The third-order valence-electron chi connectivity index (χ3n) is 4.30. The SMILES string of the molecule is C=CCOc1ccc(C(=O)NC[C@H](c2ccco2)N2CCOCC2)cc1. The summed E-state index contributed by atoms with van der Waals surface area (Å²) >= 11 is 0. The molecule has 0 aliphatic carbocycles. The minimum atomic E-state index is -0.120. The minimum Gasteiger partial charge on any atom is -0.490 e. The number of ether oxygens (including phenoxy) is 2. The standard InChI is InChI=1S/C20H24N2O4/c1-2-11-25-17-7-5-16(6-8-17)20(23)21-15-18(19-4-3-12-26-19)22-9-13-24-14-10-22/h2-8,12,18H,1,9-11,13-15H2,(H,21,23)/t18-/m1/s1. The molecule has 6 heteroatoms. The van der Waals surface area contributed by atoms with E-state index in [2.05, 4.69) is 16.8 Å². The molecule has 1 fully saturated rings. The van der Waals surface area contributed by atoms with Crippen molar-refractivity contribution in [2.75, 3.05) is 39.5 Å². The first-order valence-corrected chi connectivity index (χ1v) is 8.75. The average molecular weight is 356 g/mol. The van der Waals surface area contributed by atoms with Gasteiger partial charge in [-0.3, -0.25) is 9.69 Å². The Kier molecular flexibility index (Phi) is 6.46. The van der Waals surface area contributed by atoms with Crippen LogP contribution in [0.1, 0.15) is 22.2 Å². The molecule has 1 saturated heterocycles. The van der Waals surface area contributed by atoms with Gasteiger partial charge in [-0.05, 0) is 36.4 Å². The summed E-state index contributed by atoms with van der Waals surface area (Å²) in [4.78, 5) is 14.8. The highest BCUT2D eigenvalue weighted by atomic mass is 16.5. The first kappa shape index (κ1) is 18.2. The summed E-state index contributed by atoms with van der Waals surface area (Å²) in [6, 6.07) is 10.9. The molecule has 0 unspecified atom stereocenters. The number of hydrogen-bond donors (Lipinski definition) is 1. The summed E-state index contributed by atoms with van der Waals surface area (Å²) in [6.07, 6.45) is 3.34. The van der Waals surface area contributed by atoms with Gasteiger partial charge in [0.1, 0.15) is 18.1 Å². The second-order valence-corrected chi connectivity index (χ2v) is 6.01. The summed E-state index contributed by atoms with van der Waals surface area (Å²) in [6.45, 7) is 7.54. The molecule has 1 aliphatic rings. The fraction of sp³-hybridized carbons (Fsp3) is 0.350. The van der Waals surface area contributed by atoms with Gasteiger partial charge in [0.05, 0.1) is 25.5 Å². The number of nitrogens with zero attached hydrogens (tertiary/aromatic N) is 1. The first-order chi connectivity index (χ1) is 12.8. The highest BCUT2D eigenvalue weighted by Gasteiger charge is 2.25. The van der Waals surface area contributed by atoms with Crippen LogP contribution in [0.3, 0.4) is 0 Å². The Hall–Kier alpha value is -2.57. The van der Waals surface area contributed by atoms with Gasteiger partial charge in [-0.15, -0.1) is 0 Å². The molecule has 2 aromatic rings. The number of benzene rings is 1. The van der Waals surface area contributed by atoms with Crippen molar-refractivity contribution >= 4 is 5.91 Å². The van der Waals surface area contributed by atoms with Crippen LogP contribution in [-0.4, -0.2) is 50.3 Å². The van der Waals surface area contributed by atoms with E-state index < -0.39 is 0 Å². The van der Waals surface area contributed by atoms with E-state index in [9.17, 15) is 4.79 Å². The van der Waals surface area contributed by atoms with E-state index in [0.29, 0.717) is 37.7 Å². The Morgan fingerprint density at radius 2 is 2.04 bits per heavy atom. The summed E-state index contributed by atoms with van der Waals surface area (Å²) in [5.41, 5.74) is 0.594. The molecule has 1 amide bonds. The average Bonchev–Trinajstić information content (AvgIpc) is 3.22. The second kappa shape index (κ2) is 9.22. The molecule has 1 N–H and O–H groups in total. The van der Waals surface area contributed by atoms with Crippen molar-refractivity contribution in [2.45, 2.75) is 6.04 Å². The van der Waals surface area contributed by atoms with Crippen molar-refractivity contribution in [3.8, 4) is 5.75 Å². The van der Waals surface area contributed by atoms with Crippen molar-refractivity contribution in [3.05, 3.63) is 66.6 Å². The Balaban J connectivity index is 1.61. The van der Waals surface area contributed by atoms with Gasteiger partial charge in [0.15, 0.2) is 0 Å². The van der Waals surface area contributed by atoms with Crippen molar-refractivity contribution in [1.29, 1.82) is 0 Å². The van der Waals surface area contributed by atoms with Gasteiger partial charge < -0.3 is 19.2 Å². The van der Waals surface area contributed by atoms with Gasteiger partial charge in [0.2, 0.25) is 0 Å². The third-order valence-corrected chi connectivity index (χ3v) is 4.30. The first-order valence-electron chi connectivity index (χ1n) is 8.75. The van der Waals surface area contributed by atoms with E-state index in [-0.39, 0.29) is 11.9 Å². The van der Waals surface area contributed by atoms with E-state index in [1.54, 1.807) is 36.6 Å². The van der Waals surface area contributed by atoms with Crippen LogP contribution in [0.4, 0.5) is 0 Å². The van der Waals surface area contributed by atoms with Crippen molar-refractivity contribution in [1.82, 2.24) is 10.2 Å². The van der Waals surface area contributed by atoms with Crippen molar-refractivity contribution < 1.29 is 18.7 Å².